The van der Waals surface area contributed by atoms with E-state index in [9.17, 15) is 9.00 Å². The standard InChI is InChI=1S/C37H50ClN3O5S/c1-4-6-24-15-28(38)11-13-29(24)27-20-41-19-26-9-12-30(26)31(37-45-34-17-39-18-35(34)46-37)8-5-7-22(2)23(3)47(43)40-36(42)25-10-14-33(44-21-27)32(41)16-25/h10-11,13-16,22-23,26-27,30-31,34-35,37,39H,4-9,12,17-21H2,1-3H3,(H,40,42). The number of carbonyl (C=O) groups is 1. The van der Waals surface area contributed by atoms with E-state index in [0.717, 1.165) is 81.2 Å². The molecule has 2 aromatic rings. The van der Waals surface area contributed by atoms with Crippen molar-refractivity contribution in [2.45, 2.75) is 95.4 Å². The number of anilines is 1. The first kappa shape index (κ1) is 33.3. The van der Waals surface area contributed by atoms with Gasteiger partial charge in [-0.15, -0.1) is 0 Å². The molecular formula is C37H50ClN3O5S. The molecule has 0 radical (unpaired) electrons. The van der Waals surface area contributed by atoms with Gasteiger partial charge in [0.2, 0.25) is 0 Å². The highest BCUT2D eigenvalue weighted by Crippen LogP contribution is 2.48. The van der Waals surface area contributed by atoms with Gasteiger partial charge >= 0.3 is 0 Å². The predicted octanol–water partition coefficient (Wildman–Crippen LogP) is 6.23. The average molecular weight is 684 g/mol. The highest BCUT2D eigenvalue weighted by Gasteiger charge is 2.48. The van der Waals surface area contributed by atoms with Crippen LogP contribution in [0, 0.1) is 23.7 Å². The van der Waals surface area contributed by atoms with Gasteiger partial charge in [0.25, 0.3) is 5.91 Å². The molecule has 4 aliphatic heterocycles. The summed E-state index contributed by atoms with van der Waals surface area (Å²) >= 11 is 6.47. The Morgan fingerprint density at radius 2 is 1.79 bits per heavy atom. The second-order valence-corrected chi connectivity index (χ2v) is 16.6. The Balaban J connectivity index is 1.23. The summed E-state index contributed by atoms with van der Waals surface area (Å²) in [5, 5.41) is 4.01. The van der Waals surface area contributed by atoms with Crippen LogP contribution in [0.15, 0.2) is 36.4 Å². The van der Waals surface area contributed by atoms with Crippen molar-refractivity contribution in [1.82, 2.24) is 10.0 Å². The number of carbonyl (C=O) groups excluding carboxylic acids is 1. The van der Waals surface area contributed by atoms with Crippen molar-refractivity contribution in [3.05, 3.63) is 58.1 Å². The number of nitrogens with zero attached hydrogens (tertiary/aromatic N) is 1. The second kappa shape index (κ2) is 14.4. The van der Waals surface area contributed by atoms with E-state index < -0.39 is 11.0 Å². The van der Waals surface area contributed by atoms with Gasteiger partial charge < -0.3 is 24.4 Å². The Bertz CT molecular complexity index is 1460. The van der Waals surface area contributed by atoms with Crippen molar-refractivity contribution in [2.24, 2.45) is 23.7 Å². The summed E-state index contributed by atoms with van der Waals surface area (Å²) in [6, 6.07) is 11.9. The van der Waals surface area contributed by atoms with E-state index in [4.69, 9.17) is 25.8 Å². The van der Waals surface area contributed by atoms with E-state index in [-0.39, 0.29) is 41.5 Å². The Morgan fingerprint density at radius 1 is 0.979 bits per heavy atom. The third-order valence-electron chi connectivity index (χ3n) is 11.6. The van der Waals surface area contributed by atoms with E-state index in [0.29, 0.717) is 29.9 Å². The molecule has 2 aromatic carbocycles. The van der Waals surface area contributed by atoms with Gasteiger partial charge in [0.1, 0.15) is 28.9 Å². The number of rotatable bonds is 4. The van der Waals surface area contributed by atoms with Crippen LogP contribution in [0.5, 0.6) is 5.75 Å². The maximum atomic E-state index is 13.5. The van der Waals surface area contributed by atoms with Crippen LogP contribution in [0.2, 0.25) is 5.02 Å². The molecule has 5 aliphatic rings. The molecule has 0 aromatic heterocycles. The quantitative estimate of drug-likeness (QED) is 0.395. The van der Waals surface area contributed by atoms with Gasteiger partial charge in [-0.05, 0) is 98.2 Å². The smallest absolute Gasteiger partial charge is 0.263 e. The topological polar surface area (TPSA) is 89.1 Å². The lowest BCUT2D eigenvalue weighted by Gasteiger charge is -2.46. The van der Waals surface area contributed by atoms with Crippen molar-refractivity contribution in [2.75, 3.05) is 37.7 Å². The molecule has 1 aliphatic carbocycles. The Kier molecular flexibility index (Phi) is 10.2. The molecular weight excluding hydrogens is 634 g/mol. The second-order valence-electron chi connectivity index (χ2n) is 14.6. The molecule has 3 fully saturated rings. The molecule has 8 nitrogen and oxygen atoms in total. The molecule has 0 spiro atoms. The van der Waals surface area contributed by atoms with Gasteiger partial charge in [-0.3, -0.25) is 9.52 Å². The number of aryl methyl sites for hydroxylation is 1. The zero-order chi connectivity index (χ0) is 32.7. The maximum absolute atomic E-state index is 13.5. The lowest BCUT2D eigenvalue weighted by molar-refractivity contribution is -0.141. The SMILES string of the molecule is CCCc1cc(Cl)ccc1C1COc2ccc3cc2N(C1)CC1CCC1C(C1OC2CNCC2O1)CCCC(C)C(C)S(=O)NC3=O. The Morgan fingerprint density at radius 3 is 2.53 bits per heavy atom. The number of ether oxygens (including phenoxy) is 3. The third-order valence-corrected chi connectivity index (χ3v) is 13.4. The first-order chi connectivity index (χ1) is 22.8. The first-order valence-electron chi connectivity index (χ1n) is 17.8. The van der Waals surface area contributed by atoms with E-state index >= 15 is 0 Å². The largest absolute Gasteiger partial charge is 0.491 e. The van der Waals surface area contributed by atoms with Crippen LogP contribution < -0.4 is 19.7 Å². The number of amides is 1. The molecule has 2 saturated heterocycles. The molecule has 2 bridgehead atoms. The van der Waals surface area contributed by atoms with Gasteiger partial charge in [0.05, 0.1) is 17.5 Å². The summed E-state index contributed by atoms with van der Waals surface area (Å²) in [5.74, 6) is 2.11. The molecule has 1 saturated carbocycles. The minimum atomic E-state index is -1.50. The minimum absolute atomic E-state index is 0.134. The zero-order valence-corrected chi connectivity index (χ0v) is 29.5. The predicted molar refractivity (Wildman–Crippen MR) is 187 cm³/mol. The van der Waals surface area contributed by atoms with Gasteiger partial charge in [0, 0.05) is 48.6 Å². The van der Waals surface area contributed by atoms with Crippen molar-refractivity contribution < 1.29 is 23.2 Å². The molecule has 4 heterocycles. The van der Waals surface area contributed by atoms with E-state index in [2.05, 4.69) is 40.9 Å². The summed E-state index contributed by atoms with van der Waals surface area (Å²) in [7, 11) is -1.50. The maximum Gasteiger partial charge on any atom is 0.263 e. The summed E-state index contributed by atoms with van der Waals surface area (Å²) in [4.78, 5) is 15.9. The molecule has 1 amide bonds. The molecule has 9 atom stereocenters. The van der Waals surface area contributed by atoms with E-state index in [1.807, 2.05) is 25.1 Å². The fraction of sp³-hybridized carbons (Fsp3) is 0.649. The fourth-order valence-electron chi connectivity index (χ4n) is 8.52. The van der Waals surface area contributed by atoms with Crippen molar-refractivity contribution in [1.29, 1.82) is 0 Å². The summed E-state index contributed by atoms with van der Waals surface area (Å²) in [6.07, 6.45) is 7.40. The monoisotopic (exact) mass is 683 g/mol. The highest BCUT2D eigenvalue weighted by molar-refractivity contribution is 7.84. The van der Waals surface area contributed by atoms with Crippen LogP contribution >= 0.6 is 11.6 Å². The number of hydrogen-bond donors (Lipinski definition) is 2. The normalized spacial score (nSPS) is 36.0. The number of fused-ring (bicyclic) bond motifs is 3. The van der Waals surface area contributed by atoms with Gasteiger partial charge in [-0.25, -0.2) is 4.21 Å². The first-order valence-corrected chi connectivity index (χ1v) is 19.4. The molecule has 10 heteroatoms. The summed E-state index contributed by atoms with van der Waals surface area (Å²) in [5.41, 5.74) is 3.99. The molecule has 7 rings (SSSR count). The minimum Gasteiger partial charge on any atom is -0.491 e. The van der Waals surface area contributed by atoms with Crippen molar-refractivity contribution >= 4 is 34.2 Å². The molecule has 2 N–H and O–H groups in total. The lowest BCUT2D eigenvalue weighted by Crippen LogP contribution is -2.46. The van der Waals surface area contributed by atoms with Gasteiger partial charge in [-0.1, -0.05) is 44.4 Å². The fourth-order valence-corrected chi connectivity index (χ4v) is 9.76. The van der Waals surface area contributed by atoms with Crippen LogP contribution in [0.4, 0.5) is 5.69 Å². The van der Waals surface area contributed by atoms with E-state index in [1.165, 1.54) is 17.5 Å². The van der Waals surface area contributed by atoms with Crippen molar-refractivity contribution in [3.63, 3.8) is 0 Å². The van der Waals surface area contributed by atoms with Crippen LogP contribution in [0.3, 0.4) is 0 Å². The van der Waals surface area contributed by atoms with Crippen LogP contribution in [-0.2, 0) is 26.9 Å². The van der Waals surface area contributed by atoms with Gasteiger partial charge in [0.15, 0.2) is 6.29 Å². The zero-order valence-electron chi connectivity index (χ0n) is 27.9. The molecule has 47 heavy (non-hydrogen) atoms. The average Bonchev–Trinajstić information content (AvgIpc) is 3.61. The number of benzene rings is 2. The van der Waals surface area contributed by atoms with Gasteiger partial charge in [-0.2, -0.15) is 0 Å². The number of nitrogens with one attached hydrogen (secondary N) is 2. The van der Waals surface area contributed by atoms with Crippen LogP contribution in [0.1, 0.15) is 86.7 Å². The number of halogens is 1. The third kappa shape index (κ3) is 6.98. The molecule has 256 valence electrons. The lowest BCUT2D eigenvalue weighted by atomic mass is 9.65. The summed E-state index contributed by atoms with van der Waals surface area (Å²) < 4.78 is 35.9. The number of hydrogen-bond acceptors (Lipinski definition) is 7. The Hall–Kier alpha value is -2.17. The molecule has 9 unspecified atom stereocenters. The van der Waals surface area contributed by atoms with Crippen LogP contribution in [0.25, 0.3) is 0 Å². The Labute approximate surface area is 287 Å². The van der Waals surface area contributed by atoms with Crippen LogP contribution in [-0.4, -0.2) is 66.6 Å². The summed E-state index contributed by atoms with van der Waals surface area (Å²) in [6.45, 7) is 10.2. The highest BCUT2D eigenvalue weighted by atomic mass is 35.5. The van der Waals surface area contributed by atoms with E-state index in [1.54, 1.807) is 6.07 Å². The van der Waals surface area contributed by atoms with Crippen molar-refractivity contribution in [3.8, 4) is 5.75 Å².